The molecule has 19 heavy (non-hydrogen) atoms. The number of hydrogen-bond acceptors (Lipinski definition) is 6. The average Bonchev–Trinajstić information content (AvgIpc) is 2.99. The van der Waals surface area contributed by atoms with Crippen molar-refractivity contribution < 1.29 is 4.79 Å². The second-order valence-corrected chi connectivity index (χ2v) is 4.70. The van der Waals surface area contributed by atoms with E-state index in [0.717, 1.165) is 21.6 Å². The zero-order valence-electron chi connectivity index (χ0n) is 9.53. The molecule has 1 amide bonds. The van der Waals surface area contributed by atoms with Crippen LogP contribution in [0.25, 0.3) is 10.2 Å². The van der Waals surface area contributed by atoms with Gasteiger partial charge in [-0.2, -0.15) is 5.21 Å². The predicted octanol–water partition coefficient (Wildman–Crippen LogP) is 0.215. The number of anilines is 1. The van der Waals surface area contributed by atoms with Crippen LogP contribution in [0.1, 0.15) is 0 Å². The summed E-state index contributed by atoms with van der Waals surface area (Å²) in [5, 5.41) is 15.2. The van der Waals surface area contributed by atoms with Crippen molar-refractivity contribution in [2.45, 2.75) is 6.54 Å². The Morgan fingerprint density at radius 1 is 1.42 bits per heavy atom. The topological polar surface area (TPSA) is 106 Å². The lowest BCUT2D eigenvalue weighted by atomic mass is 10.3. The van der Waals surface area contributed by atoms with E-state index in [0.29, 0.717) is 0 Å². The molecule has 3 rings (SSSR count). The van der Waals surface area contributed by atoms with Gasteiger partial charge in [0.25, 0.3) is 5.95 Å². The Morgan fingerprint density at radius 3 is 3.05 bits per heavy atom. The van der Waals surface area contributed by atoms with Crippen LogP contribution >= 0.6 is 11.3 Å². The first-order chi connectivity index (χ1) is 9.24. The van der Waals surface area contributed by atoms with Crippen LogP contribution in [0.3, 0.4) is 0 Å². The van der Waals surface area contributed by atoms with Crippen molar-refractivity contribution in [2.24, 2.45) is 0 Å². The highest BCUT2D eigenvalue weighted by Gasteiger charge is 2.12. The Labute approximate surface area is 110 Å². The first-order valence-corrected chi connectivity index (χ1v) is 6.17. The molecule has 96 valence electrons. The Kier molecular flexibility index (Phi) is 2.80. The third-order valence-electron chi connectivity index (χ3n) is 2.47. The summed E-state index contributed by atoms with van der Waals surface area (Å²) in [6.45, 7) is -0.0859. The number of rotatable bonds is 3. The van der Waals surface area contributed by atoms with Gasteiger partial charge in [0.2, 0.25) is 5.91 Å². The number of nitrogens with zero attached hydrogens (tertiary/aromatic N) is 4. The SMILES string of the molecule is O=C(Cn1c(=O)sc2ccccc21)Nc1nn[nH]n1. The summed E-state index contributed by atoms with van der Waals surface area (Å²) in [4.78, 5) is 23.4. The third-order valence-corrected chi connectivity index (χ3v) is 3.43. The first-order valence-electron chi connectivity index (χ1n) is 5.36. The number of tetrazole rings is 1. The molecular weight excluding hydrogens is 268 g/mol. The van der Waals surface area contributed by atoms with Gasteiger partial charge in [-0.05, 0) is 17.3 Å². The highest BCUT2D eigenvalue weighted by Crippen LogP contribution is 2.16. The fourth-order valence-electron chi connectivity index (χ4n) is 1.69. The van der Waals surface area contributed by atoms with Crippen LogP contribution < -0.4 is 10.2 Å². The summed E-state index contributed by atoms with van der Waals surface area (Å²) in [5.74, 6) is -0.301. The van der Waals surface area contributed by atoms with E-state index in [1.54, 1.807) is 6.07 Å². The minimum Gasteiger partial charge on any atom is -0.290 e. The highest BCUT2D eigenvalue weighted by molar-refractivity contribution is 7.16. The fourth-order valence-corrected chi connectivity index (χ4v) is 2.58. The molecule has 2 aromatic heterocycles. The van der Waals surface area contributed by atoms with Crippen LogP contribution in [-0.4, -0.2) is 31.1 Å². The molecule has 3 aromatic rings. The maximum Gasteiger partial charge on any atom is 0.308 e. The molecule has 0 fully saturated rings. The molecule has 0 bridgehead atoms. The fraction of sp³-hybridized carbons (Fsp3) is 0.100. The summed E-state index contributed by atoms with van der Waals surface area (Å²) in [5.41, 5.74) is 0.737. The smallest absolute Gasteiger partial charge is 0.290 e. The van der Waals surface area contributed by atoms with Crippen LogP contribution in [-0.2, 0) is 11.3 Å². The molecule has 0 aliphatic carbocycles. The lowest BCUT2D eigenvalue weighted by molar-refractivity contribution is -0.116. The van der Waals surface area contributed by atoms with Crippen molar-refractivity contribution in [3.05, 3.63) is 33.9 Å². The Morgan fingerprint density at radius 2 is 2.26 bits per heavy atom. The molecule has 0 unspecified atom stereocenters. The second-order valence-electron chi connectivity index (χ2n) is 3.71. The number of benzene rings is 1. The van der Waals surface area contributed by atoms with Gasteiger partial charge in [-0.1, -0.05) is 28.6 Å². The van der Waals surface area contributed by atoms with Crippen LogP contribution in [0.15, 0.2) is 29.1 Å². The molecule has 0 atom stereocenters. The lowest BCUT2D eigenvalue weighted by Gasteiger charge is -2.02. The van der Waals surface area contributed by atoms with Gasteiger partial charge in [0.05, 0.1) is 10.2 Å². The Hall–Kier alpha value is -2.55. The molecule has 8 nitrogen and oxygen atoms in total. The number of nitrogens with one attached hydrogen (secondary N) is 2. The quantitative estimate of drug-likeness (QED) is 0.711. The number of H-pyrrole nitrogens is 1. The maximum absolute atomic E-state index is 11.8. The van der Waals surface area contributed by atoms with Crippen LogP contribution in [0.4, 0.5) is 5.95 Å². The van der Waals surface area contributed by atoms with E-state index in [-0.39, 0.29) is 23.3 Å². The average molecular weight is 276 g/mol. The van der Waals surface area contributed by atoms with Crippen molar-refractivity contribution in [1.29, 1.82) is 0 Å². The van der Waals surface area contributed by atoms with E-state index in [2.05, 4.69) is 25.9 Å². The van der Waals surface area contributed by atoms with Crippen molar-refractivity contribution in [3.8, 4) is 0 Å². The summed E-state index contributed by atoms with van der Waals surface area (Å²) < 4.78 is 2.26. The molecule has 1 aromatic carbocycles. The largest absolute Gasteiger partial charge is 0.308 e. The zero-order chi connectivity index (χ0) is 13.2. The van der Waals surface area contributed by atoms with Gasteiger partial charge >= 0.3 is 4.87 Å². The number of hydrogen-bond donors (Lipinski definition) is 2. The van der Waals surface area contributed by atoms with Crippen molar-refractivity contribution in [1.82, 2.24) is 25.2 Å². The number of carbonyl (C=O) groups is 1. The summed E-state index contributed by atoms with van der Waals surface area (Å²) in [7, 11) is 0. The lowest BCUT2D eigenvalue weighted by Crippen LogP contribution is -2.24. The van der Waals surface area contributed by atoms with Gasteiger partial charge in [-0.15, -0.1) is 5.10 Å². The van der Waals surface area contributed by atoms with Gasteiger partial charge < -0.3 is 0 Å². The van der Waals surface area contributed by atoms with Crippen molar-refractivity contribution >= 4 is 33.4 Å². The minimum atomic E-state index is -0.382. The van der Waals surface area contributed by atoms with Gasteiger partial charge in [0.15, 0.2) is 0 Å². The molecule has 9 heteroatoms. The third kappa shape index (κ3) is 2.22. The van der Waals surface area contributed by atoms with Gasteiger partial charge in [0, 0.05) is 0 Å². The van der Waals surface area contributed by atoms with E-state index < -0.39 is 0 Å². The molecule has 0 spiro atoms. The van der Waals surface area contributed by atoms with E-state index in [9.17, 15) is 9.59 Å². The predicted molar refractivity (Wildman–Crippen MR) is 68.9 cm³/mol. The summed E-state index contributed by atoms with van der Waals surface area (Å²) in [6, 6.07) is 7.31. The Bertz CT molecular complexity index is 775. The number of para-hydroxylation sites is 1. The highest BCUT2D eigenvalue weighted by atomic mass is 32.1. The van der Waals surface area contributed by atoms with Crippen molar-refractivity contribution in [3.63, 3.8) is 0 Å². The van der Waals surface area contributed by atoms with Crippen LogP contribution in [0.5, 0.6) is 0 Å². The normalized spacial score (nSPS) is 10.7. The molecule has 0 aliphatic heterocycles. The summed E-state index contributed by atoms with van der Waals surface area (Å²) >= 11 is 1.11. The monoisotopic (exact) mass is 276 g/mol. The Balaban J connectivity index is 1.87. The number of carbonyl (C=O) groups excluding carboxylic acids is 1. The zero-order valence-corrected chi connectivity index (χ0v) is 10.3. The number of thiazole rings is 1. The summed E-state index contributed by atoms with van der Waals surface area (Å²) in [6.07, 6.45) is 0. The standard InChI is InChI=1S/C10H8N6O2S/c17-8(11-9-12-14-15-13-9)5-16-6-3-1-2-4-7(6)19-10(16)18/h1-4H,5H2,(H2,11,12,13,14,15,17). The molecule has 0 radical (unpaired) electrons. The second kappa shape index (κ2) is 4.61. The van der Waals surface area contributed by atoms with Crippen LogP contribution in [0, 0.1) is 0 Å². The molecule has 2 heterocycles. The number of aromatic amines is 1. The van der Waals surface area contributed by atoms with E-state index in [4.69, 9.17) is 0 Å². The molecule has 0 saturated carbocycles. The molecule has 0 aliphatic rings. The van der Waals surface area contributed by atoms with Gasteiger partial charge in [0.1, 0.15) is 6.54 Å². The number of aromatic nitrogens is 5. The van der Waals surface area contributed by atoms with Gasteiger partial charge in [-0.3, -0.25) is 19.5 Å². The molecular formula is C10H8N6O2S. The molecule has 0 saturated heterocycles. The first kappa shape index (κ1) is 11.5. The van der Waals surface area contributed by atoms with Gasteiger partial charge in [-0.25, -0.2) is 0 Å². The maximum atomic E-state index is 11.8. The molecule has 2 N–H and O–H groups in total. The van der Waals surface area contributed by atoms with Crippen LogP contribution in [0.2, 0.25) is 0 Å². The van der Waals surface area contributed by atoms with E-state index in [1.807, 2.05) is 18.2 Å². The van der Waals surface area contributed by atoms with E-state index >= 15 is 0 Å². The van der Waals surface area contributed by atoms with E-state index in [1.165, 1.54) is 4.57 Å². The number of fused-ring (bicyclic) bond motifs is 1. The minimum absolute atomic E-state index is 0.0811. The van der Waals surface area contributed by atoms with Crippen molar-refractivity contribution in [2.75, 3.05) is 5.32 Å². The number of amides is 1.